The maximum absolute atomic E-state index is 12.3. The lowest BCUT2D eigenvalue weighted by Gasteiger charge is -2.14. The lowest BCUT2D eigenvalue weighted by molar-refractivity contribution is 0.877. The lowest BCUT2D eigenvalue weighted by atomic mass is 10.0. The van der Waals surface area contributed by atoms with Crippen molar-refractivity contribution in [3.05, 3.63) is 40.6 Å². The fourth-order valence-electron chi connectivity index (χ4n) is 2.21. The molecule has 0 saturated carbocycles. The zero-order valence-electron chi connectivity index (χ0n) is 10.1. The average molecular weight is 259 g/mol. The minimum absolute atomic E-state index is 0.0272. The van der Waals surface area contributed by atoms with E-state index in [0.717, 1.165) is 34.4 Å². The van der Waals surface area contributed by atoms with Gasteiger partial charge in [0, 0.05) is 29.9 Å². The Bertz CT molecular complexity index is 690. The highest BCUT2D eigenvalue weighted by molar-refractivity contribution is 7.99. The molecule has 0 saturated heterocycles. The van der Waals surface area contributed by atoms with E-state index in [1.807, 2.05) is 17.8 Å². The number of rotatable bonds is 1. The average Bonchev–Trinajstić information content (AvgIpc) is 2.44. The van der Waals surface area contributed by atoms with Gasteiger partial charge in [-0.15, -0.1) is 0 Å². The fraction of sp³-hybridized carbons (Fsp3) is 0.308. The van der Waals surface area contributed by atoms with Gasteiger partial charge in [-0.25, -0.2) is 9.97 Å². The molecule has 1 aliphatic heterocycles. The van der Waals surface area contributed by atoms with E-state index >= 15 is 0 Å². The molecule has 5 heteroatoms. The standard InChI is InChI=1S/C13H13N3OS/c1-16-12-10(7-14-8-15-12)6-11(13(16)17)9-2-4-18-5-3-9/h2,6-8H,3-5H2,1H3. The summed E-state index contributed by atoms with van der Waals surface area (Å²) in [6, 6.07) is 1.92. The molecule has 0 atom stereocenters. The van der Waals surface area contributed by atoms with Crippen LogP contribution in [0.1, 0.15) is 12.0 Å². The first-order valence-corrected chi connectivity index (χ1v) is 7.00. The predicted octanol–water partition coefficient (Wildman–Crippen LogP) is 1.85. The van der Waals surface area contributed by atoms with Crippen LogP contribution in [0.15, 0.2) is 29.5 Å². The topological polar surface area (TPSA) is 47.8 Å². The molecule has 2 aromatic heterocycles. The molecule has 92 valence electrons. The van der Waals surface area contributed by atoms with Crippen LogP contribution in [0, 0.1) is 0 Å². The molecule has 2 aromatic rings. The maximum atomic E-state index is 12.3. The van der Waals surface area contributed by atoms with Gasteiger partial charge in [-0.2, -0.15) is 11.8 Å². The molecule has 18 heavy (non-hydrogen) atoms. The molecule has 4 nitrogen and oxygen atoms in total. The number of hydrogen-bond donors (Lipinski definition) is 0. The lowest BCUT2D eigenvalue weighted by Crippen LogP contribution is -2.22. The van der Waals surface area contributed by atoms with Gasteiger partial charge < -0.3 is 0 Å². The summed E-state index contributed by atoms with van der Waals surface area (Å²) in [5, 5.41) is 0.911. The smallest absolute Gasteiger partial charge is 0.259 e. The molecular weight excluding hydrogens is 246 g/mol. The van der Waals surface area contributed by atoms with Crippen LogP contribution in [-0.2, 0) is 7.05 Å². The van der Waals surface area contributed by atoms with Crippen LogP contribution in [-0.4, -0.2) is 26.0 Å². The van der Waals surface area contributed by atoms with Crippen LogP contribution >= 0.6 is 11.8 Å². The van der Waals surface area contributed by atoms with Crippen molar-refractivity contribution in [2.75, 3.05) is 11.5 Å². The van der Waals surface area contributed by atoms with Crippen LogP contribution < -0.4 is 5.56 Å². The van der Waals surface area contributed by atoms with Gasteiger partial charge in [0.25, 0.3) is 5.56 Å². The van der Waals surface area contributed by atoms with Crippen molar-refractivity contribution in [2.24, 2.45) is 7.05 Å². The van der Waals surface area contributed by atoms with Crippen LogP contribution in [0.3, 0.4) is 0 Å². The van der Waals surface area contributed by atoms with Gasteiger partial charge in [-0.3, -0.25) is 9.36 Å². The number of hydrogen-bond acceptors (Lipinski definition) is 4. The van der Waals surface area contributed by atoms with E-state index in [9.17, 15) is 4.79 Å². The Balaban J connectivity index is 2.27. The largest absolute Gasteiger partial charge is 0.295 e. The van der Waals surface area contributed by atoms with Crippen molar-refractivity contribution in [2.45, 2.75) is 6.42 Å². The Morgan fingerprint density at radius 3 is 3.11 bits per heavy atom. The first kappa shape index (κ1) is 11.5. The quantitative estimate of drug-likeness (QED) is 0.784. The molecular formula is C13H13N3OS. The molecule has 0 amide bonds. The van der Waals surface area contributed by atoms with Crippen molar-refractivity contribution in [3.63, 3.8) is 0 Å². The Labute approximate surface area is 109 Å². The zero-order chi connectivity index (χ0) is 12.5. The molecule has 3 rings (SSSR count). The van der Waals surface area contributed by atoms with Crippen LogP contribution in [0.2, 0.25) is 0 Å². The second-order valence-corrected chi connectivity index (χ2v) is 5.43. The van der Waals surface area contributed by atoms with Gasteiger partial charge in [0.15, 0.2) is 0 Å². The van der Waals surface area contributed by atoms with Crippen molar-refractivity contribution in [1.82, 2.24) is 14.5 Å². The highest BCUT2D eigenvalue weighted by Gasteiger charge is 2.13. The minimum atomic E-state index is 0.0272. The molecule has 3 heterocycles. The number of nitrogens with zero attached hydrogens (tertiary/aromatic N) is 3. The van der Waals surface area contributed by atoms with Gasteiger partial charge in [0.2, 0.25) is 0 Å². The molecule has 0 bridgehead atoms. The SMILES string of the molecule is Cn1c(=O)c(C2=CCSCC2)cc2cncnc21. The Kier molecular flexibility index (Phi) is 2.91. The van der Waals surface area contributed by atoms with Crippen LogP contribution in [0.25, 0.3) is 16.6 Å². The molecule has 0 spiro atoms. The van der Waals surface area contributed by atoms with Gasteiger partial charge >= 0.3 is 0 Å². The zero-order valence-corrected chi connectivity index (χ0v) is 10.9. The highest BCUT2D eigenvalue weighted by Crippen LogP contribution is 2.25. The first-order chi connectivity index (χ1) is 8.77. The van der Waals surface area contributed by atoms with E-state index in [0.29, 0.717) is 5.65 Å². The van der Waals surface area contributed by atoms with Gasteiger partial charge in [-0.05, 0) is 23.8 Å². The summed E-state index contributed by atoms with van der Waals surface area (Å²) in [4.78, 5) is 20.5. The number of fused-ring (bicyclic) bond motifs is 1. The van der Waals surface area contributed by atoms with E-state index in [1.165, 1.54) is 6.33 Å². The summed E-state index contributed by atoms with van der Waals surface area (Å²) in [5.74, 6) is 2.07. The summed E-state index contributed by atoms with van der Waals surface area (Å²) in [7, 11) is 1.76. The van der Waals surface area contributed by atoms with Crippen molar-refractivity contribution < 1.29 is 0 Å². The molecule has 0 fully saturated rings. The second kappa shape index (κ2) is 4.57. The Morgan fingerprint density at radius 2 is 2.33 bits per heavy atom. The number of thioether (sulfide) groups is 1. The molecule has 0 aromatic carbocycles. The normalized spacial score (nSPS) is 15.7. The van der Waals surface area contributed by atoms with Crippen LogP contribution in [0.4, 0.5) is 0 Å². The van der Waals surface area contributed by atoms with E-state index in [-0.39, 0.29) is 5.56 Å². The monoisotopic (exact) mass is 259 g/mol. The Hall–Kier alpha value is -1.62. The maximum Gasteiger partial charge on any atom is 0.259 e. The molecule has 0 aliphatic carbocycles. The third kappa shape index (κ3) is 1.84. The molecule has 0 N–H and O–H groups in total. The van der Waals surface area contributed by atoms with E-state index in [1.54, 1.807) is 17.8 Å². The number of pyridine rings is 1. The fourth-order valence-corrected chi connectivity index (χ4v) is 3.06. The van der Waals surface area contributed by atoms with Gasteiger partial charge in [-0.1, -0.05) is 6.08 Å². The number of aromatic nitrogens is 3. The van der Waals surface area contributed by atoms with E-state index in [2.05, 4.69) is 16.0 Å². The first-order valence-electron chi connectivity index (χ1n) is 5.84. The summed E-state index contributed by atoms with van der Waals surface area (Å²) >= 11 is 1.90. The predicted molar refractivity (Wildman–Crippen MR) is 74.7 cm³/mol. The Morgan fingerprint density at radius 1 is 1.44 bits per heavy atom. The summed E-state index contributed by atoms with van der Waals surface area (Å²) in [5.41, 5.74) is 2.66. The second-order valence-electron chi connectivity index (χ2n) is 4.28. The van der Waals surface area contributed by atoms with Crippen molar-refractivity contribution in [3.8, 4) is 0 Å². The minimum Gasteiger partial charge on any atom is -0.295 e. The van der Waals surface area contributed by atoms with Gasteiger partial charge in [0.05, 0.1) is 0 Å². The number of aryl methyl sites for hydroxylation is 1. The summed E-state index contributed by atoms with van der Waals surface area (Å²) in [6.45, 7) is 0. The summed E-state index contributed by atoms with van der Waals surface area (Å²) < 4.78 is 1.61. The van der Waals surface area contributed by atoms with E-state index < -0.39 is 0 Å². The molecule has 0 radical (unpaired) electrons. The third-order valence-electron chi connectivity index (χ3n) is 3.18. The molecule has 1 aliphatic rings. The van der Waals surface area contributed by atoms with Crippen molar-refractivity contribution >= 4 is 28.4 Å². The highest BCUT2D eigenvalue weighted by atomic mass is 32.2. The molecule has 0 unspecified atom stereocenters. The van der Waals surface area contributed by atoms with Crippen LogP contribution in [0.5, 0.6) is 0 Å². The third-order valence-corrected chi connectivity index (χ3v) is 4.08. The van der Waals surface area contributed by atoms with E-state index in [4.69, 9.17) is 0 Å². The summed E-state index contributed by atoms with van der Waals surface area (Å²) in [6.07, 6.45) is 6.33. The van der Waals surface area contributed by atoms with Gasteiger partial charge in [0.1, 0.15) is 12.0 Å². The van der Waals surface area contributed by atoms with Crippen molar-refractivity contribution in [1.29, 1.82) is 0 Å². The number of allylic oxidation sites excluding steroid dienone is 1.